The largest absolute Gasteiger partial charge is 0.496 e. The number of aliphatic hydroxyl groups excluding tert-OH is 1. The van der Waals surface area contributed by atoms with Crippen LogP contribution in [-0.2, 0) is 0 Å². The van der Waals surface area contributed by atoms with E-state index in [0.717, 1.165) is 23.9 Å². The highest BCUT2D eigenvalue weighted by Crippen LogP contribution is 2.25. The molecule has 1 aromatic carbocycles. The molecule has 1 aliphatic rings. The minimum absolute atomic E-state index is 0.0443. The van der Waals surface area contributed by atoms with Gasteiger partial charge in [0.15, 0.2) is 0 Å². The lowest BCUT2D eigenvalue weighted by molar-refractivity contribution is 0.0703. The fourth-order valence-electron chi connectivity index (χ4n) is 2.59. The van der Waals surface area contributed by atoms with Crippen molar-refractivity contribution >= 4 is 21.8 Å². The van der Waals surface area contributed by atoms with Gasteiger partial charge in [-0.05, 0) is 37.6 Å². The molecule has 1 aliphatic heterocycles. The van der Waals surface area contributed by atoms with Crippen LogP contribution in [0.15, 0.2) is 22.7 Å². The lowest BCUT2D eigenvalue weighted by Gasteiger charge is -2.26. The minimum Gasteiger partial charge on any atom is -0.496 e. The molecule has 2 rings (SSSR count). The monoisotopic (exact) mass is 356 g/mol. The third kappa shape index (κ3) is 4.18. The smallest absolute Gasteiger partial charge is 0.257 e. The zero-order valence-electron chi connectivity index (χ0n) is 12.1. The molecule has 1 fully saturated rings. The number of ether oxygens (including phenoxy) is 1. The molecule has 0 aliphatic carbocycles. The van der Waals surface area contributed by atoms with E-state index in [0.29, 0.717) is 30.4 Å². The number of halogens is 1. The zero-order chi connectivity index (χ0) is 15.2. The van der Waals surface area contributed by atoms with Gasteiger partial charge >= 0.3 is 0 Å². The van der Waals surface area contributed by atoms with Crippen LogP contribution in [0.2, 0.25) is 0 Å². The van der Waals surface area contributed by atoms with E-state index in [4.69, 9.17) is 4.74 Å². The summed E-state index contributed by atoms with van der Waals surface area (Å²) < 4.78 is 6.15. The molecule has 0 saturated carbocycles. The quantitative estimate of drug-likeness (QED) is 0.813. The Bertz CT molecular complexity index is 490. The highest BCUT2D eigenvalue weighted by atomic mass is 79.9. The summed E-state index contributed by atoms with van der Waals surface area (Å²) in [6.07, 6.45) is 2.19. The van der Waals surface area contributed by atoms with Crippen molar-refractivity contribution in [1.29, 1.82) is 0 Å². The molecular formula is C15H21BrN2O3. The van der Waals surface area contributed by atoms with Gasteiger partial charge in [-0.15, -0.1) is 0 Å². The van der Waals surface area contributed by atoms with Crippen LogP contribution >= 0.6 is 15.9 Å². The number of benzene rings is 1. The number of aliphatic hydroxyl groups is 1. The van der Waals surface area contributed by atoms with Crippen LogP contribution in [0.25, 0.3) is 0 Å². The molecule has 2 N–H and O–H groups in total. The summed E-state index contributed by atoms with van der Waals surface area (Å²) in [5, 5.41) is 12.6. The van der Waals surface area contributed by atoms with Crippen molar-refractivity contribution in [2.45, 2.75) is 18.9 Å². The summed E-state index contributed by atoms with van der Waals surface area (Å²) in [5.74, 6) is 0.429. The zero-order valence-corrected chi connectivity index (χ0v) is 13.7. The van der Waals surface area contributed by atoms with E-state index in [1.807, 2.05) is 6.07 Å². The van der Waals surface area contributed by atoms with Crippen molar-refractivity contribution in [3.05, 3.63) is 28.2 Å². The van der Waals surface area contributed by atoms with Crippen LogP contribution in [0.1, 0.15) is 23.2 Å². The van der Waals surface area contributed by atoms with Gasteiger partial charge in [0.05, 0.1) is 19.3 Å². The molecule has 5 nitrogen and oxygen atoms in total. The van der Waals surface area contributed by atoms with Gasteiger partial charge in [0.2, 0.25) is 0 Å². The Hall–Kier alpha value is -1.11. The van der Waals surface area contributed by atoms with Gasteiger partial charge in [0.25, 0.3) is 5.91 Å². The highest BCUT2D eigenvalue weighted by molar-refractivity contribution is 9.10. The fraction of sp³-hybridized carbons (Fsp3) is 0.533. The van der Waals surface area contributed by atoms with Crippen molar-refractivity contribution in [3.8, 4) is 5.75 Å². The summed E-state index contributed by atoms with van der Waals surface area (Å²) in [6, 6.07) is 5.65. The maximum absolute atomic E-state index is 12.7. The van der Waals surface area contributed by atoms with Crippen molar-refractivity contribution in [2.75, 3.05) is 33.4 Å². The maximum Gasteiger partial charge on any atom is 0.257 e. The molecule has 1 amide bonds. The van der Waals surface area contributed by atoms with E-state index in [9.17, 15) is 9.90 Å². The molecule has 1 heterocycles. The number of carbonyl (C=O) groups is 1. The summed E-state index contributed by atoms with van der Waals surface area (Å²) >= 11 is 3.37. The standard InChI is InChI=1S/C15H21BrN2O3/c1-21-14-9-11(16)4-5-13(14)15(20)18(7-8-19)10-12-3-2-6-17-12/h4-5,9,12,17,19H,2-3,6-8,10H2,1H3. The molecule has 1 aromatic rings. The van der Waals surface area contributed by atoms with E-state index in [1.54, 1.807) is 24.1 Å². The molecule has 0 radical (unpaired) electrons. The second-order valence-electron chi connectivity index (χ2n) is 5.11. The number of methoxy groups -OCH3 is 1. The fourth-order valence-corrected chi connectivity index (χ4v) is 2.93. The predicted octanol–water partition coefficient (Wildman–Crippen LogP) is 1.64. The van der Waals surface area contributed by atoms with Gasteiger partial charge in [-0.2, -0.15) is 0 Å². The number of hydrogen-bond donors (Lipinski definition) is 2. The van der Waals surface area contributed by atoms with Crippen LogP contribution in [0.4, 0.5) is 0 Å². The Kier molecular flexibility index (Phi) is 6.02. The Morgan fingerprint density at radius 3 is 3.00 bits per heavy atom. The van der Waals surface area contributed by atoms with Crippen molar-refractivity contribution in [1.82, 2.24) is 10.2 Å². The highest BCUT2D eigenvalue weighted by Gasteiger charge is 2.24. The lowest BCUT2D eigenvalue weighted by atomic mass is 10.1. The minimum atomic E-state index is -0.109. The lowest BCUT2D eigenvalue weighted by Crippen LogP contribution is -2.42. The number of amides is 1. The normalized spacial score (nSPS) is 17.8. The number of nitrogens with one attached hydrogen (secondary N) is 1. The van der Waals surface area contributed by atoms with Gasteiger partial charge in [-0.3, -0.25) is 4.79 Å². The topological polar surface area (TPSA) is 61.8 Å². The van der Waals surface area contributed by atoms with E-state index < -0.39 is 0 Å². The molecular weight excluding hydrogens is 336 g/mol. The summed E-state index contributed by atoms with van der Waals surface area (Å²) in [6.45, 7) is 1.89. The molecule has 0 bridgehead atoms. The van der Waals surface area contributed by atoms with Crippen molar-refractivity contribution < 1.29 is 14.6 Å². The van der Waals surface area contributed by atoms with Crippen LogP contribution in [0.3, 0.4) is 0 Å². The van der Waals surface area contributed by atoms with Gasteiger partial charge in [-0.25, -0.2) is 0 Å². The average molecular weight is 357 g/mol. The van der Waals surface area contributed by atoms with Gasteiger partial charge in [0.1, 0.15) is 5.75 Å². The Labute approximate surface area is 133 Å². The summed E-state index contributed by atoms with van der Waals surface area (Å²) in [4.78, 5) is 14.4. The Balaban J connectivity index is 2.16. The SMILES string of the molecule is COc1cc(Br)ccc1C(=O)N(CCO)CC1CCCN1. The number of rotatable bonds is 6. The second-order valence-corrected chi connectivity index (χ2v) is 6.03. The average Bonchev–Trinajstić information content (AvgIpc) is 2.99. The third-order valence-corrected chi connectivity index (χ3v) is 4.15. The van der Waals surface area contributed by atoms with Gasteiger partial charge in [0, 0.05) is 23.6 Å². The summed E-state index contributed by atoms with van der Waals surface area (Å²) in [7, 11) is 1.55. The first kappa shape index (κ1) is 16.3. The van der Waals surface area contributed by atoms with Crippen molar-refractivity contribution in [2.24, 2.45) is 0 Å². The molecule has 0 spiro atoms. The van der Waals surface area contributed by atoms with Crippen LogP contribution < -0.4 is 10.1 Å². The van der Waals surface area contributed by atoms with Gasteiger partial charge < -0.3 is 20.1 Å². The first-order chi connectivity index (χ1) is 10.2. The first-order valence-electron chi connectivity index (χ1n) is 7.12. The summed E-state index contributed by atoms with van der Waals surface area (Å²) in [5.41, 5.74) is 0.521. The molecule has 21 heavy (non-hydrogen) atoms. The van der Waals surface area contributed by atoms with E-state index in [2.05, 4.69) is 21.2 Å². The Morgan fingerprint density at radius 2 is 2.38 bits per heavy atom. The number of nitrogens with zero attached hydrogens (tertiary/aromatic N) is 1. The van der Waals surface area contributed by atoms with E-state index in [1.165, 1.54) is 0 Å². The van der Waals surface area contributed by atoms with Crippen molar-refractivity contribution in [3.63, 3.8) is 0 Å². The molecule has 6 heteroatoms. The van der Waals surface area contributed by atoms with Crippen LogP contribution in [0.5, 0.6) is 5.75 Å². The molecule has 1 unspecified atom stereocenters. The second kappa shape index (κ2) is 7.77. The maximum atomic E-state index is 12.7. The molecule has 0 aromatic heterocycles. The van der Waals surface area contributed by atoms with Gasteiger partial charge in [-0.1, -0.05) is 15.9 Å². The van der Waals surface area contributed by atoms with Crippen LogP contribution in [0, 0.1) is 0 Å². The third-order valence-electron chi connectivity index (χ3n) is 3.65. The number of carbonyl (C=O) groups excluding carboxylic acids is 1. The van der Waals surface area contributed by atoms with E-state index in [-0.39, 0.29) is 12.5 Å². The molecule has 116 valence electrons. The predicted molar refractivity (Wildman–Crippen MR) is 84.7 cm³/mol. The van der Waals surface area contributed by atoms with Crippen LogP contribution in [-0.4, -0.2) is 55.3 Å². The molecule has 1 atom stereocenters. The first-order valence-corrected chi connectivity index (χ1v) is 7.92. The number of hydrogen-bond acceptors (Lipinski definition) is 4. The Morgan fingerprint density at radius 1 is 1.57 bits per heavy atom. The molecule has 1 saturated heterocycles. The van der Waals surface area contributed by atoms with E-state index >= 15 is 0 Å².